The molecule has 0 aliphatic heterocycles. The van der Waals surface area contributed by atoms with Crippen LogP contribution in [0, 0.1) is 0 Å². The Morgan fingerprint density at radius 3 is 2.33 bits per heavy atom. The summed E-state index contributed by atoms with van der Waals surface area (Å²) in [5, 5.41) is 8.69. The third-order valence-corrected chi connectivity index (χ3v) is 2.13. The molecule has 1 aromatic carbocycles. The van der Waals surface area contributed by atoms with E-state index in [1.54, 1.807) is 18.2 Å². The van der Waals surface area contributed by atoms with Crippen LogP contribution in [0.15, 0.2) is 24.3 Å². The Morgan fingerprint density at radius 2 is 1.80 bits per heavy atom. The molecule has 0 aliphatic rings. The molecule has 0 saturated carbocycles. The maximum atomic E-state index is 11.5. The third kappa shape index (κ3) is 2.99. The second-order valence-corrected chi connectivity index (χ2v) is 3.34. The number of ketones is 2. The average Bonchev–Trinajstić information content (AvgIpc) is 2.28. The first-order valence-electron chi connectivity index (χ1n) is 4.96. The summed E-state index contributed by atoms with van der Waals surface area (Å²) < 4.78 is 0. The number of hydrogen-bond donors (Lipinski definition) is 1. The lowest BCUT2D eigenvalue weighted by atomic mass is 10.0. The number of rotatable bonds is 5. The number of aliphatic hydroxyl groups excluding tert-OH is 1. The van der Waals surface area contributed by atoms with Gasteiger partial charge in [0.2, 0.25) is 0 Å². The van der Waals surface area contributed by atoms with Crippen LogP contribution in [0.5, 0.6) is 0 Å². The second kappa shape index (κ2) is 5.41. The highest BCUT2D eigenvalue weighted by Crippen LogP contribution is 2.09. The fraction of sp³-hybridized carbons (Fsp3) is 0.333. The summed E-state index contributed by atoms with van der Waals surface area (Å²) >= 11 is 0. The van der Waals surface area contributed by atoms with E-state index in [9.17, 15) is 9.59 Å². The molecule has 0 heterocycles. The molecule has 0 amide bonds. The molecule has 0 fully saturated rings. The van der Waals surface area contributed by atoms with Crippen molar-refractivity contribution < 1.29 is 14.7 Å². The number of carbonyl (C=O) groups excluding carboxylic acids is 2. The lowest BCUT2D eigenvalue weighted by Gasteiger charge is -2.01. The van der Waals surface area contributed by atoms with Crippen molar-refractivity contribution in [2.75, 3.05) is 6.61 Å². The lowest BCUT2D eigenvalue weighted by molar-refractivity contribution is 0.0903. The van der Waals surface area contributed by atoms with E-state index in [1.807, 2.05) is 6.92 Å². The van der Waals surface area contributed by atoms with Crippen LogP contribution in [0.3, 0.4) is 0 Å². The van der Waals surface area contributed by atoms with E-state index in [0.717, 1.165) is 6.42 Å². The van der Waals surface area contributed by atoms with Gasteiger partial charge in [-0.05, 0) is 12.5 Å². The molecule has 1 N–H and O–H groups in total. The maximum Gasteiger partial charge on any atom is 0.188 e. The monoisotopic (exact) mass is 206 g/mol. The number of aliphatic hydroxyl groups is 1. The van der Waals surface area contributed by atoms with Crippen molar-refractivity contribution in [3.8, 4) is 0 Å². The van der Waals surface area contributed by atoms with Crippen LogP contribution >= 0.6 is 0 Å². The van der Waals surface area contributed by atoms with Gasteiger partial charge in [0.15, 0.2) is 11.6 Å². The predicted octanol–water partition coefficient (Wildman–Crippen LogP) is 1.84. The van der Waals surface area contributed by atoms with E-state index < -0.39 is 6.61 Å². The molecule has 0 bridgehead atoms. The van der Waals surface area contributed by atoms with Gasteiger partial charge in [-0.15, -0.1) is 0 Å². The molecule has 1 aromatic rings. The summed E-state index contributed by atoms with van der Waals surface area (Å²) in [6, 6.07) is 6.48. The van der Waals surface area contributed by atoms with Crippen LogP contribution in [0.25, 0.3) is 0 Å². The van der Waals surface area contributed by atoms with E-state index in [4.69, 9.17) is 5.11 Å². The Kier molecular flexibility index (Phi) is 4.18. The second-order valence-electron chi connectivity index (χ2n) is 3.34. The Hall–Kier alpha value is -1.48. The molecule has 0 aromatic heterocycles. The first-order chi connectivity index (χ1) is 7.19. The Morgan fingerprint density at radius 1 is 1.20 bits per heavy atom. The van der Waals surface area contributed by atoms with Gasteiger partial charge >= 0.3 is 0 Å². The van der Waals surface area contributed by atoms with E-state index in [1.165, 1.54) is 6.07 Å². The molecule has 0 atom stereocenters. The summed E-state index contributed by atoms with van der Waals surface area (Å²) in [6.45, 7) is 1.41. The van der Waals surface area contributed by atoms with Crippen molar-refractivity contribution in [1.82, 2.24) is 0 Å². The fourth-order valence-electron chi connectivity index (χ4n) is 1.33. The number of carbonyl (C=O) groups is 2. The van der Waals surface area contributed by atoms with Crippen LogP contribution in [0.4, 0.5) is 0 Å². The van der Waals surface area contributed by atoms with Gasteiger partial charge in [-0.1, -0.05) is 25.1 Å². The fourth-order valence-corrected chi connectivity index (χ4v) is 1.33. The van der Waals surface area contributed by atoms with Gasteiger partial charge in [0, 0.05) is 17.5 Å². The zero-order valence-corrected chi connectivity index (χ0v) is 8.69. The summed E-state index contributed by atoms with van der Waals surface area (Å²) in [5.41, 5.74) is 0.926. The molecular formula is C12H14O3. The van der Waals surface area contributed by atoms with Crippen molar-refractivity contribution in [1.29, 1.82) is 0 Å². The van der Waals surface area contributed by atoms with Crippen molar-refractivity contribution in [3.05, 3.63) is 35.4 Å². The Balaban J connectivity index is 2.92. The van der Waals surface area contributed by atoms with E-state index in [-0.39, 0.29) is 11.6 Å². The largest absolute Gasteiger partial charge is 0.388 e. The van der Waals surface area contributed by atoms with Gasteiger partial charge in [0.1, 0.15) is 6.61 Å². The lowest BCUT2D eigenvalue weighted by Crippen LogP contribution is -2.06. The molecule has 0 unspecified atom stereocenters. The standard InChI is InChI=1S/C12H14O3/c1-2-4-11(14)9-5-3-6-10(7-9)12(15)8-13/h3,5-7,13H,2,4,8H2,1H3. The van der Waals surface area contributed by atoms with Gasteiger partial charge in [-0.3, -0.25) is 9.59 Å². The normalized spacial score (nSPS) is 10.0. The topological polar surface area (TPSA) is 54.4 Å². The highest BCUT2D eigenvalue weighted by atomic mass is 16.3. The molecule has 3 heteroatoms. The SMILES string of the molecule is CCCC(=O)c1cccc(C(=O)CO)c1. The van der Waals surface area contributed by atoms with Crippen molar-refractivity contribution >= 4 is 11.6 Å². The maximum absolute atomic E-state index is 11.5. The van der Waals surface area contributed by atoms with Gasteiger partial charge < -0.3 is 5.11 Å². The highest BCUT2D eigenvalue weighted by molar-refractivity contribution is 6.01. The molecule has 0 spiro atoms. The zero-order chi connectivity index (χ0) is 11.3. The van der Waals surface area contributed by atoms with Crippen LogP contribution < -0.4 is 0 Å². The molecule has 15 heavy (non-hydrogen) atoms. The summed E-state index contributed by atoms with van der Waals surface area (Å²) in [7, 11) is 0. The van der Waals surface area contributed by atoms with E-state index in [0.29, 0.717) is 17.5 Å². The minimum atomic E-state index is -0.522. The first kappa shape index (κ1) is 11.6. The molecule has 0 radical (unpaired) electrons. The van der Waals surface area contributed by atoms with Gasteiger partial charge in [-0.25, -0.2) is 0 Å². The molecule has 1 rings (SSSR count). The van der Waals surface area contributed by atoms with Gasteiger partial charge in [-0.2, -0.15) is 0 Å². The Bertz CT molecular complexity index is 369. The van der Waals surface area contributed by atoms with Crippen molar-refractivity contribution in [2.24, 2.45) is 0 Å². The molecule has 0 aliphatic carbocycles. The van der Waals surface area contributed by atoms with Crippen LogP contribution in [-0.2, 0) is 0 Å². The van der Waals surface area contributed by atoms with Gasteiger partial charge in [0.25, 0.3) is 0 Å². The van der Waals surface area contributed by atoms with Crippen LogP contribution in [0.1, 0.15) is 40.5 Å². The average molecular weight is 206 g/mol. The van der Waals surface area contributed by atoms with Crippen molar-refractivity contribution in [2.45, 2.75) is 19.8 Å². The van der Waals surface area contributed by atoms with Crippen LogP contribution in [0.2, 0.25) is 0 Å². The summed E-state index contributed by atoms with van der Waals surface area (Å²) in [5.74, 6) is -0.328. The predicted molar refractivity (Wildman–Crippen MR) is 57.1 cm³/mol. The molecule has 80 valence electrons. The zero-order valence-electron chi connectivity index (χ0n) is 8.69. The van der Waals surface area contributed by atoms with E-state index in [2.05, 4.69) is 0 Å². The number of Topliss-reactive ketones (excluding diaryl/α,β-unsaturated/α-hetero) is 2. The number of benzene rings is 1. The Labute approximate surface area is 88.7 Å². The highest BCUT2D eigenvalue weighted by Gasteiger charge is 2.08. The quantitative estimate of drug-likeness (QED) is 0.748. The first-order valence-corrected chi connectivity index (χ1v) is 4.96. The molecule has 0 saturated heterocycles. The molecule has 3 nitrogen and oxygen atoms in total. The van der Waals surface area contributed by atoms with Crippen LogP contribution in [-0.4, -0.2) is 23.3 Å². The smallest absolute Gasteiger partial charge is 0.188 e. The van der Waals surface area contributed by atoms with Gasteiger partial charge in [0.05, 0.1) is 0 Å². The minimum absolute atomic E-state index is 0.0325. The minimum Gasteiger partial charge on any atom is -0.388 e. The van der Waals surface area contributed by atoms with E-state index >= 15 is 0 Å². The summed E-state index contributed by atoms with van der Waals surface area (Å²) in [4.78, 5) is 22.7. The number of hydrogen-bond acceptors (Lipinski definition) is 3. The summed E-state index contributed by atoms with van der Waals surface area (Å²) in [6.07, 6.45) is 1.27. The van der Waals surface area contributed by atoms with Crippen molar-refractivity contribution in [3.63, 3.8) is 0 Å². The third-order valence-electron chi connectivity index (χ3n) is 2.13. The molecular weight excluding hydrogens is 192 g/mol.